The molecule has 1 aromatic heterocycles. The minimum atomic E-state index is -4.49. The van der Waals surface area contributed by atoms with Crippen LogP contribution in [0.3, 0.4) is 0 Å². The van der Waals surface area contributed by atoms with Crippen molar-refractivity contribution >= 4 is 29.3 Å². The number of aromatic nitrogens is 1. The minimum absolute atomic E-state index is 0.0240. The van der Waals surface area contributed by atoms with E-state index in [2.05, 4.69) is 15.0 Å². The summed E-state index contributed by atoms with van der Waals surface area (Å²) in [6.45, 7) is 1.54. The highest BCUT2D eigenvalue weighted by Crippen LogP contribution is 2.34. The zero-order valence-electron chi connectivity index (χ0n) is 16.2. The molecule has 0 spiro atoms. The first-order valence-corrected chi connectivity index (χ1v) is 9.92. The fourth-order valence-electron chi connectivity index (χ4n) is 3.20. The Balaban J connectivity index is 1.73. The van der Waals surface area contributed by atoms with E-state index in [4.69, 9.17) is 11.6 Å². The molecule has 0 atom stereocenters. The summed E-state index contributed by atoms with van der Waals surface area (Å²) in [6, 6.07) is 0.878. The number of halogens is 4. The van der Waals surface area contributed by atoms with Crippen LogP contribution in [0.4, 0.5) is 19.0 Å². The topological polar surface area (TPSA) is 71.5 Å². The van der Waals surface area contributed by atoms with Crippen LogP contribution < -0.4 is 10.2 Å². The smallest absolute Gasteiger partial charge is 0.417 e. The summed E-state index contributed by atoms with van der Waals surface area (Å²) in [5.41, 5.74) is -0.882. The molecule has 0 aromatic carbocycles. The number of esters is 1. The Hall–Kier alpha value is -2.03. The molecule has 162 valence electrons. The Labute approximate surface area is 172 Å². The molecule has 29 heavy (non-hydrogen) atoms. The molecule has 2 rings (SSSR count). The summed E-state index contributed by atoms with van der Waals surface area (Å²) in [4.78, 5) is 29.0. The maximum atomic E-state index is 12.7. The lowest BCUT2D eigenvalue weighted by atomic mass is 9.96. The first kappa shape index (κ1) is 23.3. The lowest BCUT2D eigenvalue weighted by Crippen LogP contribution is -2.41. The quantitative estimate of drug-likeness (QED) is 0.496. The van der Waals surface area contributed by atoms with Crippen LogP contribution >= 0.6 is 11.6 Å². The number of alkyl halides is 3. The number of amides is 1. The van der Waals surface area contributed by atoms with Gasteiger partial charge in [-0.1, -0.05) is 18.0 Å². The van der Waals surface area contributed by atoms with Crippen LogP contribution in [0.1, 0.15) is 44.1 Å². The SMILES string of the molecule is COC(=O)CCCCCNC(=O)C1CCN(c2ncc(C(F)(F)F)cc2Cl)CC1. The Morgan fingerprint density at radius 3 is 2.55 bits per heavy atom. The average Bonchev–Trinajstić information content (AvgIpc) is 2.69. The van der Waals surface area contributed by atoms with Crippen LogP contribution in [0.5, 0.6) is 0 Å². The third kappa shape index (κ3) is 7.06. The molecule has 1 aromatic rings. The fourth-order valence-corrected chi connectivity index (χ4v) is 3.49. The largest absolute Gasteiger partial charge is 0.469 e. The van der Waals surface area contributed by atoms with E-state index in [1.807, 2.05) is 0 Å². The summed E-state index contributed by atoms with van der Waals surface area (Å²) in [5.74, 6) is -0.0915. The molecule has 0 radical (unpaired) electrons. The Bertz CT molecular complexity index is 708. The number of hydrogen-bond donors (Lipinski definition) is 1. The van der Waals surface area contributed by atoms with Crippen molar-refractivity contribution in [1.29, 1.82) is 0 Å². The van der Waals surface area contributed by atoms with Crippen molar-refractivity contribution in [2.45, 2.75) is 44.7 Å². The summed E-state index contributed by atoms with van der Waals surface area (Å²) in [7, 11) is 1.36. The van der Waals surface area contributed by atoms with Crippen molar-refractivity contribution in [1.82, 2.24) is 10.3 Å². The molecule has 6 nitrogen and oxygen atoms in total. The number of anilines is 1. The number of ether oxygens (including phenoxy) is 1. The van der Waals surface area contributed by atoms with Gasteiger partial charge in [-0.15, -0.1) is 0 Å². The maximum Gasteiger partial charge on any atom is 0.417 e. The molecule has 2 heterocycles. The van der Waals surface area contributed by atoms with E-state index in [-0.39, 0.29) is 22.8 Å². The first-order chi connectivity index (χ1) is 13.7. The Morgan fingerprint density at radius 1 is 1.28 bits per heavy atom. The first-order valence-electron chi connectivity index (χ1n) is 9.54. The molecular formula is C19H25ClF3N3O3. The predicted octanol–water partition coefficient (Wildman–Crippen LogP) is 3.82. The Morgan fingerprint density at radius 2 is 1.97 bits per heavy atom. The van der Waals surface area contributed by atoms with Crippen LogP contribution in [0.25, 0.3) is 0 Å². The number of nitrogens with one attached hydrogen (secondary N) is 1. The highest BCUT2D eigenvalue weighted by Gasteiger charge is 2.33. The zero-order valence-corrected chi connectivity index (χ0v) is 17.0. The molecule has 0 unspecified atom stereocenters. The minimum Gasteiger partial charge on any atom is -0.469 e. The highest BCUT2D eigenvalue weighted by atomic mass is 35.5. The van der Waals surface area contributed by atoms with E-state index in [0.29, 0.717) is 44.7 Å². The highest BCUT2D eigenvalue weighted by molar-refractivity contribution is 6.33. The molecule has 1 fully saturated rings. The normalized spacial score (nSPS) is 15.3. The van der Waals surface area contributed by atoms with Gasteiger partial charge in [0.2, 0.25) is 5.91 Å². The van der Waals surface area contributed by atoms with Gasteiger partial charge >= 0.3 is 12.1 Å². The Kier molecular flexibility index (Phi) is 8.55. The lowest BCUT2D eigenvalue weighted by Gasteiger charge is -2.32. The van der Waals surface area contributed by atoms with Crippen molar-refractivity contribution in [2.24, 2.45) is 5.92 Å². The van der Waals surface area contributed by atoms with Gasteiger partial charge in [-0.3, -0.25) is 9.59 Å². The molecule has 1 amide bonds. The molecule has 1 aliphatic heterocycles. The predicted molar refractivity (Wildman–Crippen MR) is 103 cm³/mol. The third-order valence-electron chi connectivity index (χ3n) is 4.90. The van der Waals surface area contributed by atoms with Crippen molar-refractivity contribution in [3.8, 4) is 0 Å². The maximum absolute atomic E-state index is 12.7. The number of unbranched alkanes of at least 4 members (excludes halogenated alkanes) is 2. The monoisotopic (exact) mass is 435 g/mol. The van der Waals surface area contributed by atoms with Gasteiger partial charge in [-0.2, -0.15) is 13.2 Å². The van der Waals surface area contributed by atoms with Crippen molar-refractivity contribution in [2.75, 3.05) is 31.6 Å². The third-order valence-corrected chi connectivity index (χ3v) is 5.18. The number of hydrogen-bond acceptors (Lipinski definition) is 5. The van der Waals surface area contributed by atoms with Gasteiger partial charge in [0.1, 0.15) is 5.82 Å². The number of carbonyl (C=O) groups is 2. The number of piperidine rings is 1. The molecule has 0 bridgehead atoms. The van der Waals surface area contributed by atoms with Gasteiger partial charge < -0.3 is 15.0 Å². The summed E-state index contributed by atoms with van der Waals surface area (Å²) in [5, 5.41) is 2.86. The summed E-state index contributed by atoms with van der Waals surface area (Å²) < 4.78 is 42.7. The van der Waals surface area contributed by atoms with Crippen LogP contribution in [0.2, 0.25) is 5.02 Å². The molecule has 1 N–H and O–H groups in total. The number of nitrogens with zero attached hydrogens (tertiary/aromatic N) is 2. The van der Waals surface area contributed by atoms with Gasteiger partial charge in [0.15, 0.2) is 0 Å². The molecule has 10 heteroatoms. The van der Waals surface area contributed by atoms with Crippen LogP contribution in [0.15, 0.2) is 12.3 Å². The van der Waals surface area contributed by atoms with Crippen molar-refractivity contribution in [3.63, 3.8) is 0 Å². The van der Waals surface area contributed by atoms with E-state index in [1.54, 1.807) is 4.90 Å². The number of rotatable bonds is 8. The fraction of sp³-hybridized carbons (Fsp3) is 0.632. The second-order valence-corrected chi connectivity index (χ2v) is 7.37. The molecule has 0 aliphatic carbocycles. The second-order valence-electron chi connectivity index (χ2n) is 6.97. The average molecular weight is 436 g/mol. The van der Waals surface area contributed by atoms with Gasteiger partial charge in [0.05, 0.1) is 17.7 Å². The number of pyridine rings is 1. The summed E-state index contributed by atoms with van der Waals surface area (Å²) >= 11 is 5.99. The van der Waals surface area contributed by atoms with E-state index in [1.165, 1.54) is 7.11 Å². The van der Waals surface area contributed by atoms with E-state index < -0.39 is 11.7 Å². The van der Waals surface area contributed by atoms with Gasteiger partial charge in [0, 0.05) is 38.2 Å². The molecule has 0 saturated carbocycles. The van der Waals surface area contributed by atoms with E-state index >= 15 is 0 Å². The number of methoxy groups -OCH3 is 1. The van der Waals surface area contributed by atoms with Crippen LogP contribution in [0, 0.1) is 5.92 Å². The second kappa shape index (κ2) is 10.7. The van der Waals surface area contributed by atoms with Gasteiger partial charge in [-0.05, 0) is 31.7 Å². The lowest BCUT2D eigenvalue weighted by molar-refractivity contribution is -0.141. The molecule has 1 aliphatic rings. The van der Waals surface area contributed by atoms with Gasteiger partial charge in [0.25, 0.3) is 0 Å². The molecular weight excluding hydrogens is 411 g/mol. The molecule has 1 saturated heterocycles. The van der Waals surface area contributed by atoms with Gasteiger partial charge in [-0.25, -0.2) is 4.98 Å². The van der Waals surface area contributed by atoms with Crippen LogP contribution in [-0.2, 0) is 20.5 Å². The van der Waals surface area contributed by atoms with E-state index in [9.17, 15) is 22.8 Å². The summed E-state index contributed by atoms with van der Waals surface area (Å²) in [6.07, 6.45) is 0.157. The number of carbonyl (C=O) groups excluding carboxylic acids is 2. The zero-order chi connectivity index (χ0) is 21.4. The standard InChI is InChI=1S/C19H25ClF3N3O3/c1-29-16(27)5-3-2-4-8-24-18(28)13-6-9-26(10-7-13)17-15(20)11-14(12-25-17)19(21,22)23/h11-13H,2-10H2,1H3,(H,24,28). The van der Waals surface area contributed by atoms with Crippen LogP contribution in [-0.4, -0.2) is 43.6 Å². The van der Waals surface area contributed by atoms with Crippen molar-refractivity contribution < 1.29 is 27.5 Å². The van der Waals surface area contributed by atoms with Crippen molar-refractivity contribution in [3.05, 3.63) is 22.8 Å². The van der Waals surface area contributed by atoms with E-state index in [0.717, 1.165) is 31.5 Å².